The van der Waals surface area contributed by atoms with Crippen molar-refractivity contribution in [3.8, 4) is 0 Å². The van der Waals surface area contributed by atoms with Crippen LogP contribution in [0, 0.1) is 0 Å². The number of carbonyl (C=O) groups excluding carboxylic acids is 1. The minimum absolute atomic E-state index is 0.0211. The molecule has 0 saturated carbocycles. The molecule has 1 aromatic carbocycles. The maximum Gasteiger partial charge on any atom is 0.416 e. The quantitative estimate of drug-likeness (QED) is 0.477. The van der Waals surface area contributed by atoms with E-state index in [-0.39, 0.29) is 17.7 Å². The third kappa shape index (κ3) is 4.20. The summed E-state index contributed by atoms with van der Waals surface area (Å²) in [4.78, 5) is 11.6. The number of hydrogen-bond donors (Lipinski definition) is 1. The van der Waals surface area contributed by atoms with Crippen molar-refractivity contribution in [2.24, 2.45) is 0 Å². The molecule has 1 atom stereocenters. The molecule has 20 heavy (non-hydrogen) atoms. The Morgan fingerprint density at radius 3 is 2.35 bits per heavy atom. The van der Waals surface area contributed by atoms with Gasteiger partial charge in [0, 0.05) is 0 Å². The summed E-state index contributed by atoms with van der Waals surface area (Å²) in [7, 11) is 0. The number of aliphatic hydroxyl groups is 1. The van der Waals surface area contributed by atoms with Crippen molar-refractivity contribution in [1.82, 2.24) is 0 Å². The van der Waals surface area contributed by atoms with E-state index >= 15 is 0 Å². The van der Waals surface area contributed by atoms with Crippen molar-refractivity contribution in [3.05, 3.63) is 45.0 Å². The number of rotatable bonds is 4. The summed E-state index contributed by atoms with van der Waals surface area (Å²) >= 11 is 1.76. The van der Waals surface area contributed by atoms with Crippen LogP contribution in [0.2, 0.25) is 0 Å². The normalized spacial score (nSPS) is 14.0. The van der Waals surface area contributed by atoms with E-state index in [1.54, 1.807) is 29.5 Å². The molecule has 0 bridgehead atoms. The van der Waals surface area contributed by atoms with Crippen molar-refractivity contribution in [3.63, 3.8) is 0 Å². The number of aliphatic hydroxyl groups excluding tert-OH is 1. The largest absolute Gasteiger partial charge is 0.463 e. The van der Waals surface area contributed by atoms with E-state index < -0.39 is 23.8 Å². The number of carbonyl (C=O) groups is 1. The van der Waals surface area contributed by atoms with Gasteiger partial charge in [-0.05, 0) is 28.7 Å². The first-order chi connectivity index (χ1) is 9.31. The Balaban J connectivity index is 2.97. The lowest BCUT2D eigenvalue weighted by Crippen LogP contribution is -2.14. The third-order valence-corrected chi connectivity index (χ3v) is 3.15. The first-order valence-corrected chi connectivity index (χ1v) is 6.88. The molecular formula is C13H12F3IO3. The van der Waals surface area contributed by atoms with Gasteiger partial charge in [0.05, 0.1) is 17.7 Å². The van der Waals surface area contributed by atoms with Crippen molar-refractivity contribution >= 4 is 28.6 Å². The van der Waals surface area contributed by atoms with E-state index in [2.05, 4.69) is 0 Å². The SMILES string of the molecule is CCOC(=O)/C(=C/I)C(O)c1ccc(C(F)(F)F)cc1. The first kappa shape index (κ1) is 17.0. The number of ether oxygens (including phenoxy) is 1. The van der Waals surface area contributed by atoms with Crippen LogP contribution in [0.4, 0.5) is 13.2 Å². The van der Waals surface area contributed by atoms with Gasteiger partial charge in [0.15, 0.2) is 0 Å². The minimum Gasteiger partial charge on any atom is -0.463 e. The molecule has 1 rings (SSSR count). The molecule has 1 N–H and O–H groups in total. The lowest BCUT2D eigenvalue weighted by atomic mass is 10.0. The number of benzene rings is 1. The molecular weight excluding hydrogens is 388 g/mol. The van der Waals surface area contributed by atoms with Crippen LogP contribution in [0.5, 0.6) is 0 Å². The van der Waals surface area contributed by atoms with E-state index in [1.807, 2.05) is 0 Å². The van der Waals surface area contributed by atoms with Gasteiger partial charge in [-0.1, -0.05) is 34.7 Å². The van der Waals surface area contributed by atoms with Crippen molar-refractivity contribution in [2.45, 2.75) is 19.2 Å². The van der Waals surface area contributed by atoms with Crippen LogP contribution in [0.25, 0.3) is 0 Å². The van der Waals surface area contributed by atoms with Gasteiger partial charge in [0.25, 0.3) is 0 Å². The van der Waals surface area contributed by atoms with E-state index in [4.69, 9.17) is 4.74 Å². The molecule has 0 radical (unpaired) electrons. The van der Waals surface area contributed by atoms with Crippen molar-refractivity contribution in [2.75, 3.05) is 6.61 Å². The van der Waals surface area contributed by atoms with Gasteiger partial charge in [0.1, 0.15) is 6.10 Å². The molecule has 0 heterocycles. The maximum absolute atomic E-state index is 12.4. The summed E-state index contributed by atoms with van der Waals surface area (Å²) < 4.78 is 43.4. The van der Waals surface area contributed by atoms with Crippen molar-refractivity contribution < 1.29 is 27.8 Å². The Morgan fingerprint density at radius 2 is 1.95 bits per heavy atom. The first-order valence-electron chi connectivity index (χ1n) is 5.63. The molecule has 0 spiro atoms. The highest BCUT2D eigenvalue weighted by Gasteiger charge is 2.30. The lowest BCUT2D eigenvalue weighted by Gasteiger charge is -2.14. The fourth-order valence-corrected chi connectivity index (χ4v) is 2.06. The Bertz CT molecular complexity index is 495. The third-order valence-electron chi connectivity index (χ3n) is 2.48. The molecule has 0 aliphatic carbocycles. The topological polar surface area (TPSA) is 46.5 Å². The number of esters is 1. The summed E-state index contributed by atoms with van der Waals surface area (Å²) in [6.45, 7) is 1.76. The zero-order valence-electron chi connectivity index (χ0n) is 10.4. The number of alkyl halides is 3. The fraction of sp³-hybridized carbons (Fsp3) is 0.308. The molecule has 0 amide bonds. The number of halogens is 4. The minimum atomic E-state index is -4.44. The van der Waals surface area contributed by atoms with E-state index in [0.717, 1.165) is 24.3 Å². The molecule has 0 fully saturated rings. The summed E-state index contributed by atoms with van der Waals surface area (Å²) in [6, 6.07) is 3.97. The second-order valence-corrected chi connectivity index (χ2v) is 4.43. The summed E-state index contributed by atoms with van der Waals surface area (Å²) in [5, 5.41) is 10.0. The monoisotopic (exact) mass is 400 g/mol. The predicted molar refractivity (Wildman–Crippen MR) is 75.1 cm³/mol. The van der Waals surface area contributed by atoms with E-state index in [0.29, 0.717) is 0 Å². The van der Waals surface area contributed by atoms with Gasteiger partial charge in [-0.15, -0.1) is 0 Å². The highest BCUT2D eigenvalue weighted by molar-refractivity contribution is 14.1. The van der Waals surface area contributed by atoms with Crippen molar-refractivity contribution in [1.29, 1.82) is 0 Å². The van der Waals surface area contributed by atoms with Gasteiger partial charge in [-0.2, -0.15) is 13.2 Å². The Labute approximate surface area is 127 Å². The van der Waals surface area contributed by atoms with E-state index in [1.165, 1.54) is 4.08 Å². The maximum atomic E-state index is 12.4. The number of hydrogen-bond acceptors (Lipinski definition) is 3. The van der Waals surface area contributed by atoms with Gasteiger partial charge >= 0.3 is 12.1 Å². The Morgan fingerprint density at radius 1 is 1.40 bits per heavy atom. The van der Waals surface area contributed by atoms with Crippen LogP contribution >= 0.6 is 22.6 Å². The summed E-state index contributed by atoms with van der Waals surface area (Å²) in [5.74, 6) is -0.700. The van der Waals surface area contributed by atoms with Crippen LogP contribution in [0.3, 0.4) is 0 Å². The summed E-state index contributed by atoms with van der Waals surface area (Å²) in [6.07, 6.45) is -5.76. The molecule has 1 unspecified atom stereocenters. The highest BCUT2D eigenvalue weighted by Crippen LogP contribution is 2.31. The molecule has 1 aromatic rings. The second-order valence-electron chi connectivity index (χ2n) is 3.81. The molecule has 0 saturated heterocycles. The Hall–Kier alpha value is -1.09. The zero-order valence-corrected chi connectivity index (χ0v) is 12.6. The molecule has 110 valence electrons. The molecule has 0 aliphatic heterocycles. The zero-order chi connectivity index (χ0) is 15.3. The highest BCUT2D eigenvalue weighted by atomic mass is 127. The lowest BCUT2D eigenvalue weighted by molar-refractivity contribution is -0.140. The van der Waals surface area contributed by atoms with Crippen LogP contribution in [-0.4, -0.2) is 17.7 Å². The average Bonchev–Trinajstić information content (AvgIpc) is 2.39. The summed E-state index contributed by atoms with van der Waals surface area (Å²) in [5.41, 5.74) is -0.647. The average molecular weight is 400 g/mol. The second kappa shape index (κ2) is 7.07. The van der Waals surface area contributed by atoms with Gasteiger partial charge < -0.3 is 9.84 Å². The van der Waals surface area contributed by atoms with Crippen LogP contribution in [0.1, 0.15) is 24.2 Å². The molecule has 7 heteroatoms. The van der Waals surface area contributed by atoms with Crippen LogP contribution < -0.4 is 0 Å². The molecule has 0 aliphatic rings. The van der Waals surface area contributed by atoms with E-state index in [9.17, 15) is 23.1 Å². The van der Waals surface area contributed by atoms with Crippen LogP contribution in [0.15, 0.2) is 33.9 Å². The Kier molecular flexibility index (Phi) is 6.00. The smallest absolute Gasteiger partial charge is 0.416 e. The molecule has 3 nitrogen and oxygen atoms in total. The van der Waals surface area contributed by atoms with Gasteiger partial charge in [-0.25, -0.2) is 4.79 Å². The standard InChI is InChI=1S/C13H12F3IO3/c1-2-20-12(19)10(7-17)11(18)8-3-5-9(6-4-8)13(14,15)16/h3-7,11,18H,2H2,1H3/b10-7+. The fourth-order valence-electron chi connectivity index (χ4n) is 1.46. The van der Waals surface area contributed by atoms with Gasteiger partial charge in [-0.3, -0.25) is 0 Å². The van der Waals surface area contributed by atoms with Crippen LogP contribution in [-0.2, 0) is 15.7 Å². The van der Waals surface area contributed by atoms with Gasteiger partial charge in [0.2, 0.25) is 0 Å². The molecule has 0 aromatic heterocycles. The predicted octanol–water partition coefficient (Wildman–Crippen LogP) is 3.62.